The van der Waals surface area contributed by atoms with E-state index in [4.69, 9.17) is 4.74 Å². The maximum Gasteiger partial charge on any atom is 0.311 e. The van der Waals surface area contributed by atoms with E-state index >= 15 is 0 Å². The number of alkyl halides is 1. The van der Waals surface area contributed by atoms with E-state index < -0.39 is 6.17 Å². The van der Waals surface area contributed by atoms with Crippen molar-refractivity contribution in [2.75, 3.05) is 26.7 Å². The number of hydrogen-bond acceptors (Lipinski definition) is 4. The SMILES string of the molecule is CCOC(=O)Cc1nn(C[C@H]2CCN(C)C[C@H]2F)c2ccccc12. The van der Waals surface area contributed by atoms with Crippen LogP contribution in [0.5, 0.6) is 0 Å². The number of carbonyl (C=O) groups excluding carboxylic acids is 1. The van der Waals surface area contributed by atoms with E-state index in [9.17, 15) is 9.18 Å². The quantitative estimate of drug-likeness (QED) is 0.789. The summed E-state index contributed by atoms with van der Waals surface area (Å²) in [4.78, 5) is 13.8. The van der Waals surface area contributed by atoms with E-state index in [0.29, 0.717) is 25.4 Å². The average Bonchev–Trinajstić information content (AvgIpc) is 2.88. The van der Waals surface area contributed by atoms with Crippen LogP contribution in [0.1, 0.15) is 19.0 Å². The van der Waals surface area contributed by atoms with Crippen LogP contribution in [0.2, 0.25) is 0 Å². The van der Waals surface area contributed by atoms with Gasteiger partial charge in [-0.25, -0.2) is 4.39 Å². The van der Waals surface area contributed by atoms with E-state index in [1.54, 1.807) is 6.92 Å². The summed E-state index contributed by atoms with van der Waals surface area (Å²) in [7, 11) is 1.95. The standard InChI is InChI=1S/C18H24FN3O2/c1-3-24-18(23)10-16-14-6-4-5-7-17(14)22(20-16)11-13-8-9-21(2)12-15(13)19/h4-7,13,15H,3,8-12H2,1-2H3/t13-,15-/m1/s1. The average molecular weight is 333 g/mol. The van der Waals surface area contributed by atoms with Gasteiger partial charge in [0.1, 0.15) is 6.17 Å². The number of rotatable bonds is 5. The van der Waals surface area contributed by atoms with Crippen LogP contribution in [-0.4, -0.2) is 53.6 Å². The minimum absolute atomic E-state index is 0.0417. The van der Waals surface area contributed by atoms with Crippen LogP contribution in [0.25, 0.3) is 10.9 Å². The van der Waals surface area contributed by atoms with Crippen molar-refractivity contribution in [2.24, 2.45) is 5.92 Å². The lowest BCUT2D eigenvalue weighted by atomic mass is 9.95. The molecule has 3 rings (SSSR count). The molecule has 0 spiro atoms. The fraction of sp³-hybridized carbons (Fsp3) is 0.556. The Labute approximate surface area is 141 Å². The maximum atomic E-state index is 14.3. The van der Waals surface area contributed by atoms with E-state index in [2.05, 4.69) is 5.10 Å². The normalized spacial score (nSPS) is 22.0. The van der Waals surface area contributed by atoms with Gasteiger partial charge in [0, 0.05) is 24.4 Å². The molecule has 24 heavy (non-hydrogen) atoms. The smallest absolute Gasteiger partial charge is 0.311 e. The van der Waals surface area contributed by atoms with Gasteiger partial charge in [-0.2, -0.15) is 5.10 Å². The summed E-state index contributed by atoms with van der Waals surface area (Å²) in [5.41, 5.74) is 1.65. The highest BCUT2D eigenvalue weighted by Crippen LogP contribution is 2.25. The summed E-state index contributed by atoms with van der Waals surface area (Å²) >= 11 is 0. The number of hydrogen-bond donors (Lipinski definition) is 0. The number of esters is 1. The molecule has 2 atom stereocenters. The lowest BCUT2D eigenvalue weighted by Crippen LogP contribution is -2.41. The lowest BCUT2D eigenvalue weighted by molar-refractivity contribution is -0.142. The van der Waals surface area contributed by atoms with Crippen molar-refractivity contribution in [1.29, 1.82) is 0 Å². The summed E-state index contributed by atoms with van der Waals surface area (Å²) in [6.07, 6.45) is 0.118. The molecule has 0 bridgehead atoms. The number of aromatic nitrogens is 2. The molecular formula is C18H24FN3O2. The molecule has 0 unspecified atom stereocenters. The van der Waals surface area contributed by atoms with Crippen LogP contribution >= 0.6 is 0 Å². The van der Waals surface area contributed by atoms with Crippen molar-refractivity contribution >= 4 is 16.9 Å². The summed E-state index contributed by atoms with van der Waals surface area (Å²) < 4.78 is 21.2. The Balaban J connectivity index is 1.84. The molecule has 1 aliphatic heterocycles. The first-order chi connectivity index (χ1) is 11.6. The lowest BCUT2D eigenvalue weighted by Gasteiger charge is -2.32. The van der Waals surface area contributed by atoms with E-state index in [0.717, 1.165) is 23.9 Å². The summed E-state index contributed by atoms with van der Waals surface area (Å²) in [6.45, 7) is 4.06. The fourth-order valence-corrected chi connectivity index (χ4v) is 3.35. The Morgan fingerprint density at radius 1 is 1.42 bits per heavy atom. The highest BCUT2D eigenvalue weighted by Gasteiger charge is 2.28. The largest absolute Gasteiger partial charge is 0.466 e. The van der Waals surface area contributed by atoms with E-state index in [1.807, 2.05) is 40.9 Å². The number of para-hydroxylation sites is 1. The number of piperidine rings is 1. The van der Waals surface area contributed by atoms with Gasteiger partial charge in [-0.3, -0.25) is 9.48 Å². The number of carbonyl (C=O) groups is 1. The Hall–Kier alpha value is -1.95. The maximum absolute atomic E-state index is 14.3. The Morgan fingerprint density at radius 2 is 2.21 bits per heavy atom. The Bertz CT molecular complexity index is 715. The van der Waals surface area contributed by atoms with Gasteiger partial charge in [0.25, 0.3) is 0 Å². The van der Waals surface area contributed by atoms with Crippen LogP contribution in [0.3, 0.4) is 0 Å². The van der Waals surface area contributed by atoms with Gasteiger partial charge in [0.15, 0.2) is 0 Å². The Morgan fingerprint density at radius 3 is 2.96 bits per heavy atom. The van der Waals surface area contributed by atoms with Crippen LogP contribution in [0.15, 0.2) is 24.3 Å². The molecule has 5 nitrogen and oxygen atoms in total. The number of benzene rings is 1. The van der Waals surface area contributed by atoms with Crippen LogP contribution in [0.4, 0.5) is 4.39 Å². The molecule has 6 heteroatoms. The molecule has 130 valence electrons. The first-order valence-electron chi connectivity index (χ1n) is 8.51. The Kier molecular flexibility index (Phi) is 5.14. The van der Waals surface area contributed by atoms with Gasteiger partial charge in [0.05, 0.1) is 24.2 Å². The molecule has 2 aromatic rings. The summed E-state index contributed by atoms with van der Waals surface area (Å²) in [5.74, 6) is -0.324. The van der Waals surface area contributed by atoms with Crippen molar-refractivity contribution in [3.63, 3.8) is 0 Å². The number of nitrogens with zero attached hydrogens (tertiary/aromatic N) is 3. The molecule has 1 fully saturated rings. The first-order valence-corrected chi connectivity index (χ1v) is 8.51. The van der Waals surface area contributed by atoms with Crippen molar-refractivity contribution < 1.29 is 13.9 Å². The van der Waals surface area contributed by atoms with Gasteiger partial charge in [0.2, 0.25) is 0 Å². The van der Waals surface area contributed by atoms with Gasteiger partial charge < -0.3 is 9.64 Å². The molecular weight excluding hydrogens is 309 g/mol. The molecule has 0 saturated carbocycles. The molecule has 1 aromatic heterocycles. The topological polar surface area (TPSA) is 47.4 Å². The molecule has 0 aliphatic carbocycles. The van der Waals surface area contributed by atoms with Crippen LogP contribution in [0, 0.1) is 5.92 Å². The zero-order chi connectivity index (χ0) is 17.1. The van der Waals surface area contributed by atoms with Gasteiger partial charge in [-0.05, 0) is 33.0 Å². The third-order valence-electron chi connectivity index (χ3n) is 4.64. The van der Waals surface area contributed by atoms with E-state index in [1.165, 1.54) is 0 Å². The molecule has 2 heterocycles. The molecule has 0 amide bonds. The highest BCUT2D eigenvalue weighted by atomic mass is 19.1. The van der Waals surface area contributed by atoms with E-state index in [-0.39, 0.29) is 18.3 Å². The molecule has 1 saturated heterocycles. The van der Waals surface area contributed by atoms with Crippen LogP contribution in [-0.2, 0) is 22.5 Å². The highest BCUT2D eigenvalue weighted by molar-refractivity contribution is 5.86. The first kappa shape index (κ1) is 16.9. The predicted octanol–water partition coefficient (Wildman–Crippen LogP) is 2.43. The summed E-state index contributed by atoms with van der Waals surface area (Å²) in [6, 6.07) is 7.79. The third kappa shape index (κ3) is 3.59. The summed E-state index contributed by atoms with van der Waals surface area (Å²) in [5, 5.41) is 5.53. The minimum atomic E-state index is -0.847. The van der Waals surface area contributed by atoms with Crippen molar-refractivity contribution in [3.8, 4) is 0 Å². The van der Waals surface area contributed by atoms with Gasteiger partial charge >= 0.3 is 5.97 Å². The number of likely N-dealkylation sites (tertiary alicyclic amines) is 1. The van der Waals surface area contributed by atoms with Crippen molar-refractivity contribution in [3.05, 3.63) is 30.0 Å². The minimum Gasteiger partial charge on any atom is -0.466 e. The van der Waals surface area contributed by atoms with Crippen LogP contribution < -0.4 is 0 Å². The second kappa shape index (κ2) is 7.30. The monoisotopic (exact) mass is 333 g/mol. The zero-order valence-electron chi connectivity index (χ0n) is 14.2. The third-order valence-corrected chi connectivity index (χ3v) is 4.64. The zero-order valence-corrected chi connectivity index (χ0v) is 14.2. The molecule has 1 aliphatic rings. The molecule has 1 aromatic carbocycles. The van der Waals surface area contributed by atoms with Gasteiger partial charge in [-0.1, -0.05) is 18.2 Å². The second-order valence-electron chi connectivity index (χ2n) is 6.45. The predicted molar refractivity (Wildman–Crippen MR) is 90.6 cm³/mol. The number of ether oxygens (including phenoxy) is 1. The molecule has 0 radical (unpaired) electrons. The molecule has 0 N–H and O–H groups in total. The number of halogens is 1. The fourth-order valence-electron chi connectivity index (χ4n) is 3.35. The number of fused-ring (bicyclic) bond motifs is 1. The van der Waals surface area contributed by atoms with Crippen molar-refractivity contribution in [1.82, 2.24) is 14.7 Å². The van der Waals surface area contributed by atoms with Crippen molar-refractivity contribution in [2.45, 2.75) is 32.5 Å². The van der Waals surface area contributed by atoms with Gasteiger partial charge in [-0.15, -0.1) is 0 Å². The second-order valence-corrected chi connectivity index (χ2v) is 6.45.